The van der Waals surface area contributed by atoms with Gasteiger partial charge in [-0.1, -0.05) is 18.2 Å². The Balaban J connectivity index is 1.86. The second kappa shape index (κ2) is 7.33. The Labute approximate surface area is 124 Å². The minimum Gasteiger partial charge on any atom is -0.490 e. The third-order valence-corrected chi connectivity index (χ3v) is 2.65. The van der Waals surface area contributed by atoms with E-state index in [9.17, 15) is 4.79 Å². The molecular weight excluding hydrogens is 268 g/mol. The molecule has 2 rings (SSSR count). The van der Waals surface area contributed by atoms with Gasteiger partial charge in [0.05, 0.1) is 0 Å². The van der Waals surface area contributed by atoms with Gasteiger partial charge in [-0.3, -0.25) is 4.79 Å². The van der Waals surface area contributed by atoms with E-state index in [1.54, 1.807) is 6.92 Å². The molecule has 110 valence electrons. The number of hydrogen-bond acceptors (Lipinski definition) is 4. The van der Waals surface area contributed by atoms with E-state index in [2.05, 4.69) is 0 Å². The highest BCUT2D eigenvalue weighted by Crippen LogP contribution is 2.23. The van der Waals surface area contributed by atoms with E-state index in [-0.39, 0.29) is 12.1 Å². The number of esters is 1. The van der Waals surface area contributed by atoms with Crippen LogP contribution in [-0.2, 0) is 9.53 Å². The summed E-state index contributed by atoms with van der Waals surface area (Å²) in [5, 5.41) is 0. The van der Waals surface area contributed by atoms with Crippen LogP contribution in [0.25, 0.3) is 0 Å². The van der Waals surface area contributed by atoms with Crippen LogP contribution in [0.5, 0.6) is 17.2 Å². The zero-order chi connectivity index (χ0) is 15.1. The molecule has 4 nitrogen and oxygen atoms in total. The van der Waals surface area contributed by atoms with Gasteiger partial charge in [-0.25, -0.2) is 0 Å². The maximum Gasteiger partial charge on any atom is 0.303 e. The molecule has 0 aliphatic heterocycles. The summed E-state index contributed by atoms with van der Waals surface area (Å²) < 4.78 is 16.2. The van der Waals surface area contributed by atoms with Crippen molar-refractivity contribution in [2.45, 2.75) is 20.0 Å². The zero-order valence-electron chi connectivity index (χ0n) is 12.1. The number of rotatable bonds is 6. The molecule has 0 radical (unpaired) electrons. The first-order chi connectivity index (χ1) is 10.1. The van der Waals surface area contributed by atoms with Crippen molar-refractivity contribution in [1.82, 2.24) is 0 Å². The Morgan fingerprint density at radius 2 is 1.52 bits per heavy atom. The van der Waals surface area contributed by atoms with Crippen LogP contribution in [0.1, 0.15) is 13.8 Å². The minimum absolute atomic E-state index is 0.275. The molecule has 0 unspecified atom stereocenters. The highest BCUT2D eigenvalue weighted by molar-refractivity contribution is 5.66. The quantitative estimate of drug-likeness (QED) is 0.757. The van der Waals surface area contributed by atoms with Crippen LogP contribution in [-0.4, -0.2) is 18.7 Å². The average Bonchev–Trinajstić information content (AvgIpc) is 2.47. The summed E-state index contributed by atoms with van der Waals surface area (Å²) in [6.45, 7) is 3.49. The van der Waals surface area contributed by atoms with Crippen LogP contribution in [0.15, 0.2) is 54.6 Å². The summed E-state index contributed by atoms with van der Waals surface area (Å²) in [6, 6.07) is 16.9. The maximum absolute atomic E-state index is 10.8. The fraction of sp³-hybridized carbons (Fsp3) is 0.235. The van der Waals surface area contributed by atoms with Gasteiger partial charge in [-0.2, -0.15) is 0 Å². The van der Waals surface area contributed by atoms with Crippen molar-refractivity contribution in [3.8, 4) is 17.2 Å². The molecule has 0 aliphatic carbocycles. The van der Waals surface area contributed by atoms with E-state index in [4.69, 9.17) is 14.2 Å². The van der Waals surface area contributed by atoms with Crippen molar-refractivity contribution in [2.24, 2.45) is 0 Å². The summed E-state index contributed by atoms with van der Waals surface area (Å²) >= 11 is 0. The average molecular weight is 286 g/mol. The molecule has 0 fully saturated rings. The van der Waals surface area contributed by atoms with Crippen LogP contribution < -0.4 is 9.47 Å². The highest BCUT2D eigenvalue weighted by atomic mass is 16.6. The molecule has 0 aromatic heterocycles. The van der Waals surface area contributed by atoms with E-state index in [0.717, 1.165) is 11.5 Å². The molecule has 0 aliphatic rings. The number of para-hydroxylation sites is 1. The maximum atomic E-state index is 10.8. The Morgan fingerprint density at radius 1 is 0.952 bits per heavy atom. The fourth-order valence-electron chi connectivity index (χ4n) is 1.76. The minimum atomic E-state index is -0.308. The van der Waals surface area contributed by atoms with Gasteiger partial charge in [0.25, 0.3) is 0 Å². The number of hydrogen-bond donors (Lipinski definition) is 0. The third-order valence-electron chi connectivity index (χ3n) is 2.65. The van der Waals surface area contributed by atoms with Crippen LogP contribution in [0.2, 0.25) is 0 Å². The second-order valence-electron chi connectivity index (χ2n) is 4.62. The van der Waals surface area contributed by atoms with Crippen LogP contribution in [0, 0.1) is 0 Å². The van der Waals surface area contributed by atoms with Crippen molar-refractivity contribution in [2.75, 3.05) is 6.61 Å². The molecule has 0 heterocycles. The lowest BCUT2D eigenvalue weighted by molar-refractivity contribution is -0.146. The zero-order valence-corrected chi connectivity index (χ0v) is 12.1. The first-order valence-electron chi connectivity index (χ1n) is 6.76. The van der Waals surface area contributed by atoms with E-state index in [1.807, 2.05) is 54.6 Å². The fourth-order valence-corrected chi connectivity index (χ4v) is 1.76. The Morgan fingerprint density at radius 3 is 2.14 bits per heavy atom. The standard InChI is InChI=1S/C17H18O4/c1-13(20-14(2)18)12-19-15-8-10-17(11-9-15)21-16-6-4-3-5-7-16/h3-11,13H,12H2,1-2H3/t13-/m0/s1. The number of benzene rings is 2. The molecule has 0 amide bonds. The van der Waals surface area contributed by atoms with Crippen LogP contribution in [0.3, 0.4) is 0 Å². The van der Waals surface area contributed by atoms with Gasteiger partial charge in [-0.15, -0.1) is 0 Å². The van der Waals surface area contributed by atoms with Gasteiger partial charge in [0.15, 0.2) is 0 Å². The van der Waals surface area contributed by atoms with Gasteiger partial charge >= 0.3 is 5.97 Å². The molecule has 1 atom stereocenters. The Kier molecular flexibility index (Phi) is 5.21. The lowest BCUT2D eigenvalue weighted by Gasteiger charge is -2.13. The molecule has 0 saturated carbocycles. The number of carbonyl (C=O) groups excluding carboxylic acids is 1. The summed E-state index contributed by atoms with van der Waals surface area (Å²) in [5.41, 5.74) is 0. The lowest BCUT2D eigenvalue weighted by Crippen LogP contribution is -2.20. The Hall–Kier alpha value is -2.49. The van der Waals surface area contributed by atoms with Gasteiger partial charge in [0, 0.05) is 6.92 Å². The number of ether oxygens (including phenoxy) is 3. The van der Waals surface area contributed by atoms with E-state index < -0.39 is 0 Å². The predicted octanol–water partition coefficient (Wildman–Crippen LogP) is 3.81. The summed E-state index contributed by atoms with van der Waals surface area (Å²) in [5.74, 6) is 1.92. The van der Waals surface area contributed by atoms with Gasteiger partial charge in [-0.05, 0) is 43.3 Å². The summed E-state index contributed by atoms with van der Waals surface area (Å²) in [7, 11) is 0. The second-order valence-corrected chi connectivity index (χ2v) is 4.62. The van der Waals surface area contributed by atoms with E-state index >= 15 is 0 Å². The van der Waals surface area contributed by atoms with Crippen molar-refractivity contribution < 1.29 is 19.0 Å². The van der Waals surface area contributed by atoms with Gasteiger partial charge in [0.1, 0.15) is 30.0 Å². The predicted molar refractivity (Wildman–Crippen MR) is 79.7 cm³/mol. The molecule has 0 N–H and O–H groups in total. The SMILES string of the molecule is CC(=O)O[C@@H](C)COc1ccc(Oc2ccccc2)cc1. The van der Waals surface area contributed by atoms with Crippen molar-refractivity contribution in [1.29, 1.82) is 0 Å². The molecule has 0 spiro atoms. The Bertz CT molecular complexity index is 563. The molecule has 0 bridgehead atoms. The van der Waals surface area contributed by atoms with E-state index in [1.165, 1.54) is 6.92 Å². The molecule has 4 heteroatoms. The lowest BCUT2D eigenvalue weighted by atomic mass is 10.3. The normalized spacial score (nSPS) is 11.5. The largest absolute Gasteiger partial charge is 0.490 e. The summed E-state index contributed by atoms with van der Waals surface area (Å²) in [6.07, 6.45) is -0.275. The summed E-state index contributed by atoms with van der Waals surface area (Å²) in [4.78, 5) is 10.8. The van der Waals surface area contributed by atoms with Gasteiger partial charge in [0.2, 0.25) is 0 Å². The molecule has 2 aromatic rings. The molecular formula is C17H18O4. The monoisotopic (exact) mass is 286 g/mol. The topological polar surface area (TPSA) is 44.8 Å². The number of carbonyl (C=O) groups is 1. The molecule has 2 aromatic carbocycles. The highest BCUT2D eigenvalue weighted by Gasteiger charge is 2.06. The van der Waals surface area contributed by atoms with Crippen molar-refractivity contribution in [3.63, 3.8) is 0 Å². The van der Waals surface area contributed by atoms with E-state index in [0.29, 0.717) is 12.4 Å². The third kappa shape index (κ3) is 5.18. The van der Waals surface area contributed by atoms with Gasteiger partial charge < -0.3 is 14.2 Å². The molecule has 21 heavy (non-hydrogen) atoms. The smallest absolute Gasteiger partial charge is 0.303 e. The van der Waals surface area contributed by atoms with Crippen molar-refractivity contribution >= 4 is 5.97 Å². The van der Waals surface area contributed by atoms with Crippen LogP contribution >= 0.6 is 0 Å². The first-order valence-corrected chi connectivity index (χ1v) is 6.76. The molecule has 0 saturated heterocycles. The van der Waals surface area contributed by atoms with Crippen molar-refractivity contribution in [3.05, 3.63) is 54.6 Å². The van der Waals surface area contributed by atoms with Crippen LogP contribution in [0.4, 0.5) is 0 Å². The first kappa shape index (κ1) is 14.9.